The lowest BCUT2D eigenvalue weighted by atomic mass is 10.2. The molecule has 92 valence electrons. The van der Waals surface area contributed by atoms with Crippen LogP contribution in [0.4, 0.5) is 0 Å². The molecule has 0 aliphatic carbocycles. The van der Waals surface area contributed by atoms with E-state index in [1.807, 2.05) is 0 Å². The summed E-state index contributed by atoms with van der Waals surface area (Å²) >= 11 is 8.99. The molecular weight excluding hydrogens is 309 g/mol. The summed E-state index contributed by atoms with van der Waals surface area (Å²) in [7, 11) is 0. The highest BCUT2D eigenvalue weighted by Gasteiger charge is 2.15. The maximum Gasteiger partial charge on any atom is 0.254 e. The number of aromatic nitrogens is 1. The van der Waals surface area contributed by atoms with Gasteiger partial charge in [0.15, 0.2) is 0 Å². The van der Waals surface area contributed by atoms with Gasteiger partial charge in [-0.3, -0.25) is 9.59 Å². The predicted octanol–water partition coefficient (Wildman–Crippen LogP) is 1.49. The molecule has 0 fully saturated rings. The van der Waals surface area contributed by atoms with Crippen molar-refractivity contribution in [3.05, 3.63) is 27.5 Å². The number of hydrogen-bond acceptors (Lipinski definition) is 3. The van der Waals surface area contributed by atoms with Gasteiger partial charge in [-0.25, -0.2) is 4.98 Å². The largest absolute Gasteiger partial charge is 0.370 e. The van der Waals surface area contributed by atoms with Crippen molar-refractivity contribution in [1.82, 2.24) is 10.3 Å². The standard InChI is InChI=1S/C10H11BrClN3O2/c1-5(2-8(13)16)15-10(17)7-3-6(11)4-14-9(7)12/h3-5H,2H2,1H3,(H2,13,16)(H,15,17). The number of nitrogens with one attached hydrogen (secondary N) is 1. The number of primary amides is 1. The first-order valence-electron chi connectivity index (χ1n) is 4.80. The maximum absolute atomic E-state index is 11.8. The van der Waals surface area contributed by atoms with Crippen LogP contribution in [0.5, 0.6) is 0 Å². The summed E-state index contributed by atoms with van der Waals surface area (Å²) < 4.78 is 0.648. The number of rotatable bonds is 4. The van der Waals surface area contributed by atoms with Crippen LogP contribution in [-0.2, 0) is 4.79 Å². The molecule has 1 heterocycles. The van der Waals surface area contributed by atoms with Crippen molar-refractivity contribution in [3.63, 3.8) is 0 Å². The molecule has 3 N–H and O–H groups in total. The monoisotopic (exact) mass is 319 g/mol. The Bertz CT molecular complexity index is 453. The molecule has 17 heavy (non-hydrogen) atoms. The number of pyridine rings is 1. The van der Waals surface area contributed by atoms with E-state index in [0.717, 1.165) is 0 Å². The summed E-state index contributed by atoms with van der Waals surface area (Å²) in [5, 5.41) is 2.72. The first-order chi connectivity index (χ1) is 7.90. The molecule has 1 aromatic rings. The van der Waals surface area contributed by atoms with E-state index < -0.39 is 11.8 Å². The quantitative estimate of drug-likeness (QED) is 0.824. The molecule has 7 heteroatoms. The highest BCUT2D eigenvalue weighted by molar-refractivity contribution is 9.10. The van der Waals surface area contributed by atoms with Crippen LogP contribution < -0.4 is 11.1 Å². The Morgan fingerprint density at radius 1 is 1.65 bits per heavy atom. The summed E-state index contributed by atoms with van der Waals surface area (Å²) in [5.74, 6) is -0.867. The van der Waals surface area contributed by atoms with Crippen molar-refractivity contribution in [3.8, 4) is 0 Å². The molecule has 5 nitrogen and oxygen atoms in total. The first-order valence-corrected chi connectivity index (χ1v) is 5.97. The fraction of sp³-hybridized carbons (Fsp3) is 0.300. The van der Waals surface area contributed by atoms with Gasteiger partial charge in [0.05, 0.1) is 5.56 Å². The Balaban J connectivity index is 2.76. The lowest BCUT2D eigenvalue weighted by Gasteiger charge is -2.12. The van der Waals surface area contributed by atoms with E-state index >= 15 is 0 Å². The van der Waals surface area contributed by atoms with Crippen LogP contribution in [0.25, 0.3) is 0 Å². The molecule has 0 saturated carbocycles. The fourth-order valence-corrected chi connectivity index (χ4v) is 1.76. The van der Waals surface area contributed by atoms with Crippen molar-refractivity contribution < 1.29 is 9.59 Å². The van der Waals surface area contributed by atoms with Crippen molar-refractivity contribution in [2.24, 2.45) is 5.73 Å². The minimum Gasteiger partial charge on any atom is -0.370 e. The highest BCUT2D eigenvalue weighted by Crippen LogP contribution is 2.18. The maximum atomic E-state index is 11.8. The summed E-state index contributed by atoms with van der Waals surface area (Å²) in [4.78, 5) is 26.3. The third-order valence-electron chi connectivity index (χ3n) is 1.94. The van der Waals surface area contributed by atoms with Crippen LogP contribution in [0, 0.1) is 0 Å². The summed E-state index contributed by atoms with van der Waals surface area (Å²) in [6.07, 6.45) is 1.57. The second-order valence-electron chi connectivity index (χ2n) is 3.54. The van der Waals surface area contributed by atoms with Crippen LogP contribution in [0.15, 0.2) is 16.7 Å². The summed E-state index contributed by atoms with van der Waals surface area (Å²) in [6.45, 7) is 1.68. The number of carbonyl (C=O) groups excluding carboxylic acids is 2. The zero-order valence-electron chi connectivity index (χ0n) is 9.04. The number of carbonyl (C=O) groups is 2. The topological polar surface area (TPSA) is 85.1 Å². The number of halogens is 2. The Morgan fingerprint density at radius 2 is 2.29 bits per heavy atom. The molecule has 0 aliphatic heterocycles. The van der Waals surface area contributed by atoms with Gasteiger partial charge >= 0.3 is 0 Å². The van der Waals surface area contributed by atoms with Gasteiger partial charge in [0, 0.05) is 23.1 Å². The van der Waals surface area contributed by atoms with Crippen LogP contribution in [0.3, 0.4) is 0 Å². The number of nitrogens with two attached hydrogens (primary N) is 1. The van der Waals surface area contributed by atoms with Crippen LogP contribution >= 0.6 is 27.5 Å². The molecule has 1 rings (SSSR count). The molecule has 0 aliphatic rings. The zero-order chi connectivity index (χ0) is 13.0. The highest BCUT2D eigenvalue weighted by atomic mass is 79.9. The Hall–Kier alpha value is -1.14. The van der Waals surface area contributed by atoms with Crippen molar-refractivity contribution in [2.45, 2.75) is 19.4 Å². The molecule has 1 unspecified atom stereocenters. The molecule has 2 amide bonds. The van der Waals surface area contributed by atoms with E-state index in [1.165, 1.54) is 6.20 Å². The van der Waals surface area contributed by atoms with Crippen molar-refractivity contribution in [2.75, 3.05) is 0 Å². The molecule has 0 radical (unpaired) electrons. The second-order valence-corrected chi connectivity index (χ2v) is 4.81. The van der Waals surface area contributed by atoms with Gasteiger partial charge < -0.3 is 11.1 Å². The summed E-state index contributed by atoms with van der Waals surface area (Å²) in [6, 6.07) is 1.21. The number of amides is 2. The SMILES string of the molecule is CC(CC(N)=O)NC(=O)c1cc(Br)cnc1Cl. The zero-order valence-corrected chi connectivity index (χ0v) is 11.4. The van der Waals surface area contributed by atoms with Crippen LogP contribution in [0.2, 0.25) is 5.15 Å². The molecule has 1 atom stereocenters. The van der Waals surface area contributed by atoms with Crippen molar-refractivity contribution >= 4 is 39.3 Å². The lowest BCUT2D eigenvalue weighted by Crippen LogP contribution is -2.35. The summed E-state index contributed by atoms with van der Waals surface area (Å²) in [5.41, 5.74) is 5.27. The van der Waals surface area contributed by atoms with Gasteiger partial charge in [-0.05, 0) is 28.9 Å². The Labute approximate surface area is 112 Å². The van der Waals surface area contributed by atoms with Gasteiger partial charge in [0.25, 0.3) is 5.91 Å². The van der Waals surface area contributed by atoms with Gasteiger partial charge in [-0.15, -0.1) is 0 Å². The van der Waals surface area contributed by atoms with Gasteiger partial charge in [-0.2, -0.15) is 0 Å². The van der Waals surface area contributed by atoms with E-state index in [1.54, 1.807) is 13.0 Å². The van der Waals surface area contributed by atoms with Gasteiger partial charge in [-0.1, -0.05) is 11.6 Å². The fourth-order valence-electron chi connectivity index (χ4n) is 1.24. The lowest BCUT2D eigenvalue weighted by molar-refractivity contribution is -0.118. The molecular formula is C10H11BrClN3O2. The normalized spacial score (nSPS) is 11.9. The third kappa shape index (κ3) is 4.32. The molecule has 0 bridgehead atoms. The van der Waals surface area contributed by atoms with Crippen molar-refractivity contribution in [1.29, 1.82) is 0 Å². The van der Waals surface area contributed by atoms with Gasteiger partial charge in [0.1, 0.15) is 5.15 Å². The molecule has 0 aromatic carbocycles. The molecule has 1 aromatic heterocycles. The van der Waals surface area contributed by atoms with Crippen LogP contribution in [0.1, 0.15) is 23.7 Å². The molecule has 0 saturated heterocycles. The number of nitrogens with zero attached hydrogens (tertiary/aromatic N) is 1. The average Bonchev–Trinajstić information content (AvgIpc) is 2.20. The minimum absolute atomic E-state index is 0.0742. The third-order valence-corrected chi connectivity index (χ3v) is 2.67. The van der Waals surface area contributed by atoms with E-state index in [2.05, 4.69) is 26.2 Å². The first kappa shape index (κ1) is 13.9. The van der Waals surface area contributed by atoms with Crippen LogP contribution in [-0.4, -0.2) is 22.8 Å². The minimum atomic E-state index is -0.476. The second kappa shape index (κ2) is 5.97. The number of hydrogen-bond donors (Lipinski definition) is 2. The van der Waals surface area contributed by atoms with E-state index in [9.17, 15) is 9.59 Å². The van der Waals surface area contributed by atoms with E-state index in [-0.39, 0.29) is 23.2 Å². The molecule has 0 spiro atoms. The predicted molar refractivity (Wildman–Crippen MR) is 67.7 cm³/mol. The van der Waals surface area contributed by atoms with E-state index in [4.69, 9.17) is 17.3 Å². The Morgan fingerprint density at radius 3 is 2.88 bits per heavy atom. The van der Waals surface area contributed by atoms with E-state index in [0.29, 0.717) is 4.47 Å². The van der Waals surface area contributed by atoms with Gasteiger partial charge in [0.2, 0.25) is 5.91 Å². The average molecular weight is 321 g/mol. The smallest absolute Gasteiger partial charge is 0.254 e. The Kier molecular flexibility index (Phi) is 4.89.